The summed E-state index contributed by atoms with van der Waals surface area (Å²) in [4.78, 5) is 2.59. The Kier molecular flexibility index (Phi) is 2.85. The normalized spacial score (nSPS) is 33.2. The van der Waals surface area contributed by atoms with Crippen LogP contribution in [0.3, 0.4) is 0 Å². The van der Waals surface area contributed by atoms with E-state index in [1.165, 1.54) is 38.8 Å². The largest absolute Gasteiger partial charge is 0.329 e. The monoisotopic (exact) mass is 196 g/mol. The van der Waals surface area contributed by atoms with Crippen molar-refractivity contribution < 1.29 is 0 Å². The molecule has 0 bridgehead atoms. The minimum atomic E-state index is 0.583. The zero-order valence-electron chi connectivity index (χ0n) is 9.63. The SMILES string of the molecule is CCC1CN(C(C)CN)CCC12CC2. The topological polar surface area (TPSA) is 29.3 Å². The molecule has 82 valence electrons. The Hall–Kier alpha value is -0.0800. The number of hydrogen-bond donors (Lipinski definition) is 1. The summed E-state index contributed by atoms with van der Waals surface area (Å²) in [6.07, 6.45) is 5.77. The van der Waals surface area contributed by atoms with Gasteiger partial charge in [-0.15, -0.1) is 0 Å². The van der Waals surface area contributed by atoms with Gasteiger partial charge < -0.3 is 5.73 Å². The molecular formula is C12H24N2. The van der Waals surface area contributed by atoms with Crippen LogP contribution in [0.5, 0.6) is 0 Å². The van der Waals surface area contributed by atoms with E-state index in [2.05, 4.69) is 18.7 Å². The second-order valence-corrected chi connectivity index (χ2v) is 5.30. The molecule has 1 aliphatic heterocycles. The first kappa shape index (κ1) is 10.4. The molecule has 1 heterocycles. The van der Waals surface area contributed by atoms with Gasteiger partial charge in [-0.05, 0) is 44.1 Å². The molecule has 0 radical (unpaired) electrons. The highest BCUT2D eigenvalue weighted by atomic mass is 15.2. The highest BCUT2D eigenvalue weighted by molar-refractivity contribution is 5.02. The molecule has 0 aromatic heterocycles. The van der Waals surface area contributed by atoms with Crippen molar-refractivity contribution in [3.63, 3.8) is 0 Å². The lowest BCUT2D eigenvalue weighted by molar-refractivity contribution is 0.0748. The number of likely N-dealkylation sites (tertiary alicyclic amines) is 1. The number of hydrogen-bond acceptors (Lipinski definition) is 2. The van der Waals surface area contributed by atoms with Crippen LogP contribution in [0.2, 0.25) is 0 Å². The van der Waals surface area contributed by atoms with Gasteiger partial charge in [-0.25, -0.2) is 0 Å². The zero-order chi connectivity index (χ0) is 10.2. The summed E-state index contributed by atoms with van der Waals surface area (Å²) < 4.78 is 0. The molecule has 0 aromatic carbocycles. The fourth-order valence-electron chi connectivity index (χ4n) is 3.07. The van der Waals surface area contributed by atoms with Gasteiger partial charge >= 0.3 is 0 Å². The van der Waals surface area contributed by atoms with E-state index < -0.39 is 0 Å². The van der Waals surface area contributed by atoms with Gasteiger partial charge in [0.25, 0.3) is 0 Å². The van der Waals surface area contributed by atoms with Gasteiger partial charge in [0, 0.05) is 19.1 Å². The first-order chi connectivity index (χ1) is 6.72. The van der Waals surface area contributed by atoms with Crippen molar-refractivity contribution >= 4 is 0 Å². The van der Waals surface area contributed by atoms with E-state index in [9.17, 15) is 0 Å². The van der Waals surface area contributed by atoms with E-state index in [0.717, 1.165) is 17.9 Å². The van der Waals surface area contributed by atoms with Gasteiger partial charge in [-0.1, -0.05) is 13.3 Å². The summed E-state index contributed by atoms with van der Waals surface area (Å²) in [6, 6.07) is 0.583. The minimum Gasteiger partial charge on any atom is -0.329 e. The maximum absolute atomic E-state index is 5.73. The van der Waals surface area contributed by atoms with Gasteiger partial charge in [-0.2, -0.15) is 0 Å². The molecule has 1 saturated carbocycles. The van der Waals surface area contributed by atoms with Crippen molar-refractivity contribution in [1.82, 2.24) is 4.90 Å². The number of rotatable bonds is 3. The van der Waals surface area contributed by atoms with Crippen LogP contribution in [-0.4, -0.2) is 30.6 Å². The lowest BCUT2D eigenvalue weighted by Gasteiger charge is -2.41. The Bertz CT molecular complexity index is 198. The van der Waals surface area contributed by atoms with Gasteiger partial charge in [0.05, 0.1) is 0 Å². The summed E-state index contributed by atoms with van der Waals surface area (Å²) >= 11 is 0. The van der Waals surface area contributed by atoms with Crippen LogP contribution in [0.25, 0.3) is 0 Å². The van der Waals surface area contributed by atoms with Crippen molar-refractivity contribution in [2.45, 2.75) is 45.6 Å². The van der Waals surface area contributed by atoms with Crippen molar-refractivity contribution in [2.75, 3.05) is 19.6 Å². The van der Waals surface area contributed by atoms with E-state index in [4.69, 9.17) is 5.73 Å². The second kappa shape index (κ2) is 3.82. The molecular weight excluding hydrogens is 172 g/mol. The molecule has 14 heavy (non-hydrogen) atoms. The van der Waals surface area contributed by atoms with Crippen LogP contribution < -0.4 is 5.73 Å². The molecule has 2 aliphatic rings. The van der Waals surface area contributed by atoms with Crippen LogP contribution in [0.1, 0.15) is 39.5 Å². The summed E-state index contributed by atoms with van der Waals surface area (Å²) in [6.45, 7) is 8.01. The molecule has 2 unspecified atom stereocenters. The van der Waals surface area contributed by atoms with Crippen LogP contribution in [-0.2, 0) is 0 Å². The molecule has 2 fully saturated rings. The Balaban J connectivity index is 1.94. The van der Waals surface area contributed by atoms with Crippen LogP contribution in [0.4, 0.5) is 0 Å². The summed E-state index contributed by atoms with van der Waals surface area (Å²) in [5.74, 6) is 0.949. The quantitative estimate of drug-likeness (QED) is 0.746. The molecule has 2 rings (SSSR count). The van der Waals surface area contributed by atoms with Gasteiger partial charge in [0.1, 0.15) is 0 Å². The molecule has 0 amide bonds. The average molecular weight is 196 g/mol. The molecule has 2 heteroatoms. The predicted molar refractivity (Wildman–Crippen MR) is 60.2 cm³/mol. The summed E-state index contributed by atoms with van der Waals surface area (Å²) in [5.41, 5.74) is 6.51. The Morgan fingerprint density at radius 2 is 2.14 bits per heavy atom. The smallest absolute Gasteiger partial charge is 0.0190 e. The van der Waals surface area contributed by atoms with E-state index in [1.54, 1.807) is 0 Å². The first-order valence-corrected chi connectivity index (χ1v) is 6.16. The molecule has 2 N–H and O–H groups in total. The highest BCUT2D eigenvalue weighted by Crippen LogP contribution is 2.57. The van der Waals surface area contributed by atoms with E-state index in [-0.39, 0.29) is 0 Å². The van der Waals surface area contributed by atoms with Gasteiger partial charge in [0.2, 0.25) is 0 Å². The minimum absolute atomic E-state index is 0.583. The zero-order valence-corrected chi connectivity index (χ0v) is 9.63. The lowest BCUT2D eigenvalue weighted by Crippen LogP contribution is -2.48. The highest BCUT2D eigenvalue weighted by Gasteiger charge is 2.50. The first-order valence-electron chi connectivity index (χ1n) is 6.16. The van der Waals surface area contributed by atoms with Crippen LogP contribution in [0, 0.1) is 11.3 Å². The average Bonchev–Trinajstić information content (AvgIpc) is 2.98. The predicted octanol–water partition coefficient (Wildman–Crippen LogP) is 1.85. The molecule has 2 nitrogen and oxygen atoms in total. The molecule has 1 saturated heterocycles. The van der Waals surface area contributed by atoms with E-state index >= 15 is 0 Å². The Morgan fingerprint density at radius 3 is 2.64 bits per heavy atom. The third-order valence-electron chi connectivity index (χ3n) is 4.57. The maximum atomic E-state index is 5.73. The fourth-order valence-corrected chi connectivity index (χ4v) is 3.07. The Labute approximate surface area is 87.8 Å². The summed E-state index contributed by atoms with van der Waals surface area (Å²) in [5, 5.41) is 0. The number of nitrogens with zero attached hydrogens (tertiary/aromatic N) is 1. The van der Waals surface area contributed by atoms with Crippen LogP contribution >= 0.6 is 0 Å². The third-order valence-corrected chi connectivity index (χ3v) is 4.57. The Morgan fingerprint density at radius 1 is 1.43 bits per heavy atom. The second-order valence-electron chi connectivity index (χ2n) is 5.30. The van der Waals surface area contributed by atoms with E-state index in [1.807, 2.05) is 0 Å². The lowest BCUT2D eigenvalue weighted by atomic mass is 9.80. The van der Waals surface area contributed by atoms with E-state index in [0.29, 0.717) is 6.04 Å². The molecule has 0 aromatic rings. The van der Waals surface area contributed by atoms with Gasteiger partial charge in [-0.3, -0.25) is 4.90 Å². The fraction of sp³-hybridized carbons (Fsp3) is 1.00. The third kappa shape index (κ3) is 1.70. The van der Waals surface area contributed by atoms with Crippen LogP contribution in [0.15, 0.2) is 0 Å². The van der Waals surface area contributed by atoms with Gasteiger partial charge in [0.15, 0.2) is 0 Å². The standard InChI is InChI=1S/C12H24N2/c1-3-11-9-14(10(2)8-13)7-6-12(11)4-5-12/h10-11H,3-9,13H2,1-2H3. The van der Waals surface area contributed by atoms with Crippen molar-refractivity contribution in [1.29, 1.82) is 0 Å². The molecule has 2 atom stereocenters. The van der Waals surface area contributed by atoms with Crippen molar-refractivity contribution in [2.24, 2.45) is 17.1 Å². The number of piperidine rings is 1. The summed E-state index contributed by atoms with van der Waals surface area (Å²) in [7, 11) is 0. The van der Waals surface area contributed by atoms with Crippen molar-refractivity contribution in [3.8, 4) is 0 Å². The molecule has 1 aliphatic carbocycles. The number of nitrogens with two attached hydrogens (primary N) is 1. The van der Waals surface area contributed by atoms with Crippen molar-refractivity contribution in [3.05, 3.63) is 0 Å². The molecule has 1 spiro atoms. The maximum Gasteiger partial charge on any atom is 0.0190 e.